The Bertz CT molecular complexity index is 325. The second-order valence-corrected chi connectivity index (χ2v) is 3.11. The summed E-state index contributed by atoms with van der Waals surface area (Å²) in [6, 6.07) is 1.68. The van der Waals surface area contributed by atoms with E-state index in [1.165, 1.54) is 13.3 Å². The first-order valence-corrected chi connectivity index (χ1v) is 4.88. The molecule has 0 aliphatic heterocycles. The van der Waals surface area contributed by atoms with Crippen molar-refractivity contribution in [3.8, 4) is 5.75 Å². The third-order valence-electron chi connectivity index (χ3n) is 1.78. The zero-order valence-electron chi connectivity index (χ0n) is 9.03. The van der Waals surface area contributed by atoms with Crippen LogP contribution in [0.2, 0.25) is 0 Å². The van der Waals surface area contributed by atoms with E-state index in [9.17, 15) is 4.79 Å². The van der Waals surface area contributed by atoms with E-state index in [2.05, 4.69) is 4.98 Å². The molecule has 15 heavy (non-hydrogen) atoms. The molecule has 0 amide bonds. The van der Waals surface area contributed by atoms with Crippen LogP contribution in [0.3, 0.4) is 0 Å². The summed E-state index contributed by atoms with van der Waals surface area (Å²) in [7, 11) is 1.49. The highest BCUT2D eigenvalue weighted by Gasteiger charge is 2.06. The molecule has 0 aliphatic carbocycles. The molecule has 1 rings (SSSR count). The molecule has 0 atom stereocenters. The minimum Gasteiger partial charge on any atom is -0.492 e. The Labute approximate surface area is 89.2 Å². The van der Waals surface area contributed by atoms with Crippen molar-refractivity contribution >= 4 is 5.78 Å². The van der Waals surface area contributed by atoms with Crippen LogP contribution >= 0.6 is 0 Å². The van der Waals surface area contributed by atoms with Gasteiger partial charge < -0.3 is 9.47 Å². The number of carbonyl (C=O) groups excluding carboxylic acids is 1. The molecule has 1 aromatic rings. The number of methoxy groups -OCH3 is 1. The van der Waals surface area contributed by atoms with E-state index >= 15 is 0 Å². The van der Waals surface area contributed by atoms with Gasteiger partial charge in [0.2, 0.25) is 0 Å². The Morgan fingerprint density at radius 2 is 2.27 bits per heavy atom. The van der Waals surface area contributed by atoms with E-state index in [-0.39, 0.29) is 12.4 Å². The van der Waals surface area contributed by atoms with Crippen LogP contribution < -0.4 is 4.74 Å². The molecule has 0 spiro atoms. The number of rotatable bonds is 6. The van der Waals surface area contributed by atoms with Gasteiger partial charge in [0.25, 0.3) is 0 Å². The molecule has 0 radical (unpaired) electrons. The number of pyridine rings is 1. The van der Waals surface area contributed by atoms with Gasteiger partial charge in [-0.3, -0.25) is 9.78 Å². The molecule has 0 fully saturated rings. The fourth-order valence-electron chi connectivity index (χ4n) is 1.08. The van der Waals surface area contributed by atoms with Crippen molar-refractivity contribution in [3.63, 3.8) is 0 Å². The lowest BCUT2D eigenvalue weighted by Gasteiger charge is -2.05. The Morgan fingerprint density at radius 1 is 1.47 bits per heavy atom. The summed E-state index contributed by atoms with van der Waals surface area (Å²) in [5.74, 6) is 0.533. The van der Waals surface area contributed by atoms with E-state index in [1.54, 1.807) is 12.3 Å². The van der Waals surface area contributed by atoms with Crippen molar-refractivity contribution in [2.24, 2.45) is 0 Å². The average Bonchev–Trinajstić information content (AvgIpc) is 2.27. The molecule has 4 heteroatoms. The number of Topliss-reactive ketones (excluding diaryl/α,β-unsaturated/α-hetero) is 1. The molecule has 0 aliphatic rings. The van der Waals surface area contributed by atoms with E-state index in [1.807, 2.05) is 6.92 Å². The minimum absolute atomic E-state index is 0.0684. The zero-order chi connectivity index (χ0) is 11.1. The smallest absolute Gasteiger partial charge is 0.190 e. The first-order chi connectivity index (χ1) is 7.27. The third-order valence-corrected chi connectivity index (χ3v) is 1.78. The molecule has 0 N–H and O–H groups in total. The van der Waals surface area contributed by atoms with Gasteiger partial charge in [0.15, 0.2) is 5.78 Å². The predicted molar refractivity (Wildman–Crippen MR) is 56.2 cm³/mol. The first kappa shape index (κ1) is 11.7. The molecule has 4 nitrogen and oxygen atoms in total. The molecule has 1 heterocycles. The Kier molecular flexibility index (Phi) is 4.77. The molecule has 1 aromatic heterocycles. The van der Waals surface area contributed by atoms with E-state index in [0.29, 0.717) is 17.9 Å². The van der Waals surface area contributed by atoms with Gasteiger partial charge in [-0.15, -0.1) is 0 Å². The molecular weight excluding hydrogens is 194 g/mol. The van der Waals surface area contributed by atoms with Crippen LogP contribution in [0.4, 0.5) is 0 Å². The maximum absolute atomic E-state index is 11.5. The molecule has 0 unspecified atom stereocenters. The van der Waals surface area contributed by atoms with Crippen molar-refractivity contribution in [2.45, 2.75) is 13.3 Å². The number of ketones is 1. The van der Waals surface area contributed by atoms with Crippen LogP contribution in [0, 0.1) is 0 Å². The number of aromatic nitrogens is 1. The first-order valence-electron chi connectivity index (χ1n) is 4.88. The summed E-state index contributed by atoms with van der Waals surface area (Å²) in [4.78, 5) is 15.4. The summed E-state index contributed by atoms with van der Waals surface area (Å²) < 4.78 is 10.1. The van der Waals surface area contributed by atoms with Crippen molar-refractivity contribution in [2.75, 3.05) is 20.3 Å². The fraction of sp³-hybridized carbons (Fsp3) is 0.455. The number of hydrogen-bond acceptors (Lipinski definition) is 4. The predicted octanol–water partition coefficient (Wildman–Crippen LogP) is 1.70. The van der Waals surface area contributed by atoms with E-state index in [0.717, 1.165) is 6.42 Å². The largest absolute Gasteiger partial charge is 0.492 e. The molecule has 82 valence electrons. The quantitative estimate of drug-likeness (QED) is 0.669. The lowest BCUT2D eigenvalue weighted by Crippen LogP contribution is -2.07. The van der Waals surface area contributed by atoms with Gasteiger partial charge in [0, 0.05) is 18.9 Å². The fourth-order valence-corrected chi connectivity index (χ4v) is 1.08. The highest BCUT2D eigenvalue weighted by Crippen LogP contribution is 2.11. The topological polar surface area (TPSA) is 48.4 Å². The van der Waals surface area contributed by atoms with Crippen LogP contribution in [0.5, 0.6) is 5.75 Å². The van der Waals surface area contributed by atoms with E-state index in [4.69, 9.17) is 9.47 Å². The summed E-state index contributed by atoms with van der Waals surface area (Å²) in [5.41, 5.74) is 0.519. The number of ether oxygens (including phenoxy) is 2. The summed E-state index contributed by atoms with van der Waals surface area (Å²) in [6.45, 7) is 2.72. The number of nitrogens with zero attached hydrogens (tertiary/aromatic N) is 1. The minimum atomic E-state index is -0.0908. The van der Waals surface area contributed by atoms with Crippen molar-refractivity contribution in [1.82, 2.24) is 4.98 Å². The molecule has 0 bridgehead atoms. The molecular formula is C11H15NO3. The van der Waals surface area contributed by atoms with Crippen LogP contribution in [0.1, 0.15) is 23.7 Å². The lowest BCUT2D eigenvalue weighted by atomic mass is 10.2. The second-order valence-electron chi connectivity index (χ2n) is 3.11. The maximum atomic E-state index is 11.5. The van der Waals surface area contributed by atoms with Crippen molar-refractivity contribution in [1.29, 1.82) is 0 Å². The Balaban J connectivity index is 2.69. The van der Waals surface area contributed by atoms with Crippen LogP contribution in [-0.4, -0.2) is 31.1 Å². The normalized spacial score (nSPS) is 10.0. The molecule has 0 aromatic carbocycles. The Morgan fingerprint density at radius 3 is 2.93 bits per heavy atom. The van der Waals surface area contributed by atoms with Crippen LogP contribution in [0.15, 0.2) is 18.5 Å². The average molecular weight is 209 g/mol. The molecule has 0 saturated heterocycles. The van der Waals surface area contributed by atoms with Gasteiger partial charge in [-0.2, -0.15) is 0 Å². The van der Waals surface area contributed by atoms with E-state index < -0.39 is 0 Å². The summed E-state index contributed by atoms with van der Waals surface area (Å²) in [5, 5.41) is 0. The summed E-state index contributed by atoms with van der Waals surface area (Å²) >= 11 is 0. The number of carbonyl (C=O) groups is 1. The maximum Gasteiger partial charge on any atom is 0.190 e. The number of hydrogen-bond donors (Lipinski definition) is 0. The van der Waals surface area contributed by atoms with Crippen LogP contribution in [0.25, 0.3) is 0 Å². The van der Waals surface area contributed by atoms with Gasteiger partial charge in [0.05, 0.1) is 12.8 Å². The highest BCUT2D eigenvalue weighted by molar-refractivity contribution is 5.97. The summed E-state index contributed by atoms with van der Waals surface area (Å²) in [6.07, 6.45) is 4.04. The van der Waals surface area contributed by atoms with Gasteiger partial charge in [0.1, 0.15) is 12.4 Å². The highest BCUT2D eigenvalue weighted by atomic mass is 16.5. The van der Waals surface area contributed by atoms with Gasteiger partial charge in [-0.05, 0) is 12.5 Å². The molecule has 0 saturated carbocycles. The third kappa shape index (κ3) is 3.67. The second kappa shape index (κ2) is 6.14. The lowest BCUT2D eigenvalue weighted by molar-refractivity contribution is 0.0847. The zero-order valence-corrected chi connectivity index (χ0v) is 9.03. The monoisotopic (exact) mass is 209 g/mol. The van der Waals surface area contributed by atoms with Gasteiger partial charge >= 0.3 is 0 Å². The van der Waals surface area contributed by atoms with Gasteiger partial charge in [-0.25, -0.2) is 0 Å². The standard InChI is InChI=1S/C11H15NO3/c1-3-4-15-10-5-9(6-12-7-10)11(13)8-14-2/h5-7H,3-4,8H2,1-2H3. The van der Waals surface area contributed by atoms with Crippen LogP contribution in [-0.2, 0) is 4.74 Å². The van der Waals surface area contributed by atoms with Gasteiger partial charge in [-0.1, -0.05) is 6.92 Å². The Hall–Kier alpha value is -1.42. The van der Waals surface area contributed by atoms with Crippen molar-refractivity contribution in [3.05, 3.63) is 24.0 Å². The van der Waals surface area contributed by atoms with Crippen molar-refractivity contribution < 1.29 is 14.3 Å². The SMILES string of the molecule is CCCOc1cncc(C(=O)COC)c1.